The first-order valence-electron chi connectivity index (χ1n) is 3.41. The molecule has 4 nitrogen and oxygen atoms in total. The van der Waals surface area contributed by atoms with Gasteiger partial charge in [-0.25, -0.2) is 9.89 Å². The molecular formula is C6H8N2O2. The lowest BCUT2D eigenvalue weighted by Gasteiger charge is -2.20. The lowest BCUT2D eigenvalue weighted by atomic mass is 9.85. The summed E-state index contributed by atoms with van der Waals surface area (Å²) in [5.74, 6) is 0.539. The van der Waals surface area contributed by atoms with E-state index in [2.05, 4.69) is 10.2 Å². The number of hydrogen-bond donors (Lipinski definition) is 1. The Kier molecular flexibility index (Phi) is 1.12. The number of rotatable bonds is 1. The molecule has 0 aromatic carbocycles. The van der Waals surface area contributed by atoms with Gasteiger partial charge in [0.05, 0.1) is 0 Å². The third kappa shape index (κ3) is 0.761. The first kappa shape index (κ1) is 5.70. The monoisotopic (exact) mass is 140 g/mol. The summed E-state index contributed by atoms with van der Waals surface area (Å²) in [6.07, 6.45) is 3.43. The van der Waals surface area contributed by atoms with Gasteiger partial charge >= 0.3 is 5.76 Å². The zero-order valence-corrected chi connectivity index (χ0v) is 5.46. The highest BCUT2D eigenvalue weighted by atomic mass is 16.4. The number of aromatic nitrogens is 2. The summed E-state index contributed by atoms with van der Waals surface area (Å²) in [5, 5.41) is 5.98. The van der Waals surface area contributed by atoms with Crippen LogP contribution in [0.4, 0.5) is 0 Å². The number of aromatic amines is 1. The van der Waals surface area contributed by atoms with Crippen LogP contribution < -0.4 is 5.76 Å². The molecule has 10 heavy (non-hydrogen) atoms. The fourth-order valence-electron chi connectivity index (χ4n) is 1.07. The van der Waals surface area contributed by atoms with Crippen molar-refractivity contribution in [2.24, 2.45) is 0 Å². The van der Waals surface area contributed by atoms with Crippen molar-refractivity contribution >= 4 is 0 Å². The van der Waals surface area contributed by atoms with Crippen LogP contribution in [0.25, 0.3) is 0 Å². The zero-order chi connectivity index (χ0) is 6.97. The van der Waals surface area contributed by atoms with Gasteiger partial charge in [-0.1, -0.05) is 6.42 Å². The molecule has 1 fully saturated rings. The molecule has 1 aromatic heterocycles. The van der Waals surface area contributed by atoms with E-state index < -0.39 is 5.76 Å². The number of nitrogens with zero attached hydrogens (tertiary/aromatic N) is 1. The Balaban J connectivity index is 2.25. The summed E-state index contributed by atoms with van der Waals surface area (Å²) >= 11 is 0. The van der Waals surface area contributed by atoms with Gasteiger partial charge in [-0.15, -0.1) is 5.10 Å². The van der Waals surface area contributed by atoms with Gasteiger partial charge in [0.1, 0.15) is 0 Å². The predicted octanol–water partition coefficient (Wildman–Crippen LogP) is 0.630. The smallest absolute Gasteiger partial charge is 0.392 e. The zero-order valence-electron chi connectivity index (χ0n) is 5.46. The van der Waals surface area contributed by atoms with E-state index in [1.807, 2.05) is 0 Å². The van der Waals surface area contributed by atoms with Gasteiger partial charge in [-0.2, -0.15) is 0 Å². The maximum absolute atomic E-state index is 10.5. The van der Waals surface area contributed by atoms with Crippen molar-refractivity contribution in [3.63, 3.8) is 0 Å². The van der Waals surface area contributed by atoms with Gasteiger partial charge in [0.25, 0.3) is 0 Å². The van der Waals surface area contributed by atoms with E-state index in [1.165, 1.54) is 6.42 Å². The molecular weight excluding hydrogens is 132 g/mol. The third-order valence-electron chi connectivity index (χ3n) is 1.91. The summed E-state index contributed by atoms with van der Waals surface area (Å²) < 4.78 is 4.77. The molecule has 1 N–H and O–H groups in total. The minimum atomic E-state index is -0.443. The van der Waals surface area contributed by atoms with Gasteiger partial charge in [0.2, 0.25) is 5.89 Å². The first-order valence-corrected chi connectivity index (χ1v) is 3.41. The van der Waals surface area contributed by atoms with Crippen molar-refractivity contribution < 1.29 is 4.42 Å². The van der Waals surface area contributed by atoms with Crippen molar-refractivity contribution in [2.45, 2.75) is 25.2 Å². The third-order valence-corrected chi connectivity index (χ3v) is 1.91. The van der Waals surface area contributed by atoms with E-state index in [-0.39, 0.29) is 0 Å². The Hall–Kier alpha value is -1.06. The topological polar surface area (TPSA) is 58.9 Å². The van der Waals surface area contributed by atoms with Crippen LogP contribution in [0.15, 0.2) is 9.21 Å². The Morgan fingerprint density at radius 1 is 1.60 bits per heavy atom. The number of nitrogens with one attached hydrogen (secondary N) is 1. The van der Waals surface area contributed by atoms with Crippen LogP contribution in [0.2, 0.25) is 0 Å². The van der Waals surface area contributed by atoms with Crippen LogP contribution in [0, 0.1) is 0 Å². The standard InChI is InChI=1S/C6H8N2O2/c9-6-8-7-5(10-6)4-2-1-3-4/h4H,1-3H2,(H,8,9). The molecule has 1 aliphatic carbocycles. The lowest BCUT2D eigenvalue weighted by Crippen LogP contribution is -2.08. The summed E-state index contributed by atoms with van der Waals surface area (Å²) in [5.41, 5.74) is 0. The normalized spacial score (nSPS) is 18.8. The quantitative estimate of drug-likeness (QED) is 0.622. The van der Waals surface area contributed by atoms with Crippen LogP contribution >= 0.6 is 0 Å². The summed E-state index contributed by atoms with van der Waals surface area (Å²) in [6.45, 7) is 0. The van der Waals surface area contributed by atoms with E-state index in [4.69, 9.17) is 4.42 Å². The molecule has 1 heterocycles. The van der Waals surface area contributed by atoms with Crippen LogP contribution in [-0.4, -0.2) is 10.2 Å². The van der Waals surface area contributed by atoms with E-state index >= 15 is 0 Å². The molecule has 1 saturated carbocycles. The fourth-order valence-corrected chi connectivity index (χ4v) is 1.07. The molecule has 54 valence electrons. The second-order valence-electron chi connectivity index (χ2n) is 2.58. The summed E-state index contributed by atoms with van der Waals surface area (Å²) in [6, 6.07) is 0. The van der Waals surface area contributed by atoms with Crippen LogP contribution in [0.1, 0.15) is 31.1 Å². The molecule has 2 rings (SSSR count). The lowest BCUT2D eigenvalue weighted by molar-refractivity contribution is 0.326. The van der Waals surface area contributed by atoms with Crippen molar-refractivity contribution in [3.8, 4) is 0 Å². The Bertz CT molecular complexity index is 271. The molecule has 0 amide bonds. The van der Waals surface area contributed by atoms with Gasteiger partial charge in [-0.05, 0) is 12.8 Å². The van der Waals surface area contributed by atoms with Crippen LogP contribution in [0.3, 0.4) is 0 Å². The Morgan fingerprint density at radius 3 is 2.80 bits per heavy atom. The predicted molar refractivity (Wildman–Crippen MR) is 33.7 cm³/mol. The average molecular weight is 140 g/mol. The molecule has 0 saturated heterocycles. The first-order chi connectivity index (χ1) is 4.86. The second-order valence-corrected chi connectivity index (χ2v) is 2.58. The van der Waals surface area contributed by atoms with Crippen molar-refractivity contribution in [3.05, 3.63) is 16.4 Å². The SMILES string of the molecule is O=c1[nH]nc(C2CCC2)o1. The summed E-state index contributed by atoms with van der Waals surface area (Å²) in [4.78, 5) is 10.5. The average Bonchev–Trinajstić information content (AvgIpc) is 2.10. The van der Waals surface area contributed by atoms with E-state index in [0.29, 0.717) is 11.8 Å². The van der Waals surface area contributed by atoms with Crippen molar-refractivity contribution in [2.75, 3.05) is 0 Å². The van der Waals surface area contributed by atoms with E-state index in [1.54, 1.807) is 0 Å². The number of H-pyrrole nitrogens is 1. The highest BCUT2D eigenvalue weighted by Crippen LogP contribution is 2.34. The van der Waals surface area contributed by atoms with Gasteiger partial charge in [0.15, 0.2) is 0 Å². The summed E-state index contributed by atoms with van der Waals surface area (Å²) in [7, 11) is 0. The van der Waals surface area contributed by atoms with Crippen molar-refractivity contribution in [1.82, 2.24) is 10.2 Å². The molecule has 4 heteroatoms. The fraction of sp³-hybridized carbons (Fsp3) is 0.667. The largest absolute Gasteiger partial charge is 0.434 e. The van der Waals surface area contributed by atoms with E-state index in [9.17, 15) is 4.79 Å². The van der Waals surface area contributed by atoms with Gasteiger partial charge in [-0.3, -0.25) is 0 Å². The minimum absolute atomic E-state index is 0.402. The van der Waals surface area contributed by atoms with Crippen molar-refractivity contribution in [1.29, 1.82) is 0 Å². The Morgan fingerprint density at radius 2 is 2.40 bits per heavy atom. The molecule has 0 spiro atoms. The van der Waals surface area contributed by atoms with Gasteiger partial charge in [0, 0.05) is 5.92 Å². The second kappa shape index (κ2) is 1.97. The highest BCUT2D eigenvalue weighted by Gasteiger charge is 2.24. The molecule has 0 atom stereocenters. The maximum Gasteiger partial charge on any atom is 0.434 e. The van der Waals surface area contributed by atoms with Crippen LogP contribution in [-0.2, 0) is 0 Å². The maximum atomic E-state index is 10.5. The molecule has 0 bridgehead atoms. The minimum Gasteiger partial charge on any atom is -0.392 e. The highest BCUT2D eigenvalue weighted by molar-refractivity contribution is 4.93. The molecule has 1 aromatic rings. The van der Waals surface area contributed by atoms with Crippen LogP contribution in [0.5, 0.6) is 0 Å². The Labute approximate surface area is 57.2 Å². The van der Waals surface area contributed by atoms with Gasteiger partial charge < -0.3 is 4.42 Å². The molecule has 1 aliphatic rings. The van der Waals surface area contributed by atoms with E-state index in [0.717, 1.165) is 12.8 Å². The molecule has 0 unspecified atom stereocenters. The molecule has 0 aliphatic heterocycles. The molecule has 0 radical (unpaired) electrons. The number of hydrogen-bond acceptors (Lipinski definition) is 3.